The summed E-state index contributed by atoms with van der Waals surface area (Å²) in [5.41, 5.74) is 0. The summed E-state index contributed by atoms with van der Waals surface area (Å²) in [5, 5.41) is 12.3. The molecule has 0 aromatic carbocycles. The quantitative estimate of drug-likeness (QED) is 0.591. The van der Waals surface area contributed by atoms with Gasteiger partial charge in [0.05, 0.1) is 25.4 Å². The number of ether oxygens (including phenoxy) is 1. The monoisotopic (exact) mass is 202 g/mol. The lowest BCUT2D eigenvalue weighted by molar-refractivity contribution is -0.133. The zero-order valence-corrected chi connectivity index (χ0v) is 8.69. The third kappa shape index (κ3) is 2.94. The summed E-state index contributed by atoms with van der Waals surface area (Å²) in [6.07, 6.45) is -0.564. The largest absolute Gasteiger partial charge is 0.389 e. The van der Waals surface area contributed by atoms with Crippen LogP contribution in [0.15, 0.2) is 0 Å². The zero-order chi connectivity index (χ0) is 10.6. The van der Waals surface area contributed by atoms with Gasteiger partial charge in [0.1, 0.15) is 0 Å². The van der Waals surface area contributed by atoms with Gasteiger partial charge in [-0.1, -0.05) is 0 Å². The number of amides is 1. The number of nitrogens with zero attached hydrogens (tertiary/aromatic N) is 1. The van der Waals surface area contributed by atoms with Crippen LogP contribution < -0.4 is 5.32 Å². The molecule has 5 nitrogen and oxygen atoms in total. The lowest BCUT2D eigenvalue weighted by Crippen LogP contribution is -2.46. The van der Waals surface area contributed by atoms with Gasteiger partial charge in [0.15, 0.2) is 0 Å². The Kier molecular flexibility index (Phi) is 4.31. The molecular weight excluding hydrogens is 184 g/mol. The number of hydrogen-bond acceptors (Lipinski definition) is 4. The molecule has 0 spiro atoms. The fourth-order valence-electron chi connectivity index (χ4n) is 1.39. The van der Waals surface area contributed by atoms with E-state index in [1.807, 2.05) is 0 Å². The van der Waals surface area contributed by atoms with Crippen LogP contribution in [0.4, 0.5) is 0 Å². The van der Waals surface area contributed by atoms with Crippen molar-refractivity contribution in [1.29, 1.82) is 0 Å². The number of rotatable bonds is 2. The Morgan fingerprint density at radius 2 is 2.43 bits per heavy atom. The molecular formula is C9H18N2O3. The summed E-state index contributed by atoms with van der Waals surface area (Å²) in [4.78, 5) is 13.4. The first kappa shape index (κ1) is 11.4. The number of aliphatic hydroxyl groups excluding tert-OH is 1. The minimum absolute atomic E-state index is 0.0112. The number of likely N-dealkylation sites (N-methyl/N-ethyl adjacent to an activating group) is 1. The normalized spacial score (nSPS) is 25.6. The third-order valence-electron chi connectivity index (χ3n) is 2.36. The summed E-state index contributed by atoms with van der Waals surface area (Å²) in [5.74, 6) is 0.0112. The highest BCUT2D eigenvalue weighted by Gasteiger charge is 2.23. The molecule has 2 unspecified atom stereocenters. The molecule has 1 aliphatic heterocycles. The lowest BCUT2D eigenvalue weighted by Gasteiger charge is -2.24. The second-order valence-corrected chi connectivity index (χ2v) is 3.52. The van der Waals surface area contributed by atoms with Gasteiger partial charge < -0.3 is 20.1 Å². The van der Waals surface area contributed by atoms with Crippen LogP contribution in [0.1, 0.15) is 6.92 Å². The van der Waals surface area contributed by atoms with E-state index in [1.165, 1.54) is 0 Å². The molecule has 2 atom stereocenters. The third-order valence-corrected chi connectivity index (χ3v) is 2.36. The van der Waals surface area contributed by atoms with E-state index in [9.17, 15) is 9.90 Å². The van der Waals surface area contributed by atoms with Crippen molar-refractivity contribution in [3.05, 3.63) is 0 Å². The highest BCUT2D eigenvalue weighted by Crippen LogP contribution is 2.02. The van der Waals surface area contributed by atoms with Crippen LogP contribution in [0.25, 0.3) is 0 Å². The van der Waals surface area contributed by atoms with Gasteiger partial charge in [0, 0.05) is 13.1 Å². The van der Waals surface area contributed by atoms with E-state index in [0.717, 1.165) is 0 Å². The molecule has 0 aliphatic carbocycles. The van der Waals surface area contributed by atoms with E-state index in [2.05, 4.69) is 5.32 Å². The minimum Gasteiger partial charge on any atom is -0.389 e. The summed E-state index contributed by atoms with van der Waals surface area (Å²) in [7, 11) is 1.74. The summed E-state index contributed by atoms with van der Waals surface area (Å²) in [6.45, 7) is 3.55. The van der Waals surface area contributed by atoms with Gasteiger partial charge in [-0.3, -0.25) is 4.79 Å². The highest BCUT2D eigenvalue weighted by atomic mass is 16.5. The van der Waals surface area contributed by atoms with E-state index in [1.54, 1.807) is 18.9 Å². The van der Waals surface area contributed by atoms with Crippen molar-refractivity contribution in [2.75, 3.05) is 33.4 Å². The number of carbonyl (C=O) groups is 1. The highest BCUT2D eigenvalue weighted by molar-refractivity contribution is 5.81. The van der Waals surface area contributed by atoms with E-state index < -0.39 is 6.10 Å². The van der Waals surface area contributed by atoms with Gasteiger partial charge >= 0.3 is 0 Å². The molecule has 0 radical (unpaired) electrons. The SMILES string of the molecule is CNC(C)C(=O)N1CCOCC(O)C1. The van der Waals surface area contributed by atoms with Crippen molar-refractivity contribution in [2.24, 2.45) is 0 Å². The van der Waals surface area contributed by atoms with E-state index in [-0.39, 0.29) is 11.9 Å². The smallest absolute Gasteiger partial charge is 0.239 e. The fourth-order valence-corrected chi connectivity index (χ4v) is 1.39. The summed E-state index contributed by atoms with van der Waals surface area (Å²) >= 11 is 0. The first-order valence-corrected chi connectivity index (χ1v) is 4.87. The standard InChI is InChI=1S/C9H18N2O3/c1-7(10-2)9(13)11-3-4-14-6-8(12)5-11/h7-8,10,12H,3-6H2,1-2H3. The lowest BCUT2D eigenvalue weighted by atomic mass is 10.2. The first-order valence-electron chi connectivity index (χ1n) is 4.87. The van der Waals surface area contributed by atoms with Gasteiger partial charge in [0.25, 0.3) is 0 Å². The molecule has 0 aromatic heterocycles. The zero-order valence-electron chi connectivity index (χ0n) is 8.69. The van der Waals surface area contributed by atoms with Crippen LogP contribution >= 0.6 is 0 Å². The average Bonchev–Trinajstić information content (AvgIpc) is 2.40. The number of β-amino-alcohol motifs (C(OH)–C–C–N with tert-alkyl or cyclic N) is 1. The summed E-state index contributed by atoms with van der Waals surface area (Å²) in [6, 6.07) is -0.208. The molecule has 1 heterocycles. The van der Waals surface area contributed by atoms with E-state index in [4.69, 9.17) is 4.74 Å². The maximum atomic E-state index is 11.7. The van der Waals surface area contributed by atoms with Gasteiger partial charge in [-0.2, -0.15) is 0 Å². The average molecular weight is 202 g/mol. The van der Waals surface area contributed by atoms with Crippen LogP contribution in [0.5, 0.6) is 0 Å². The molecule has 1 amide bonds. The maximum Gasteiger partial charge on any atom is 0.239 e. The van der Waals surface area contributed by atoms with E-state index >= 15 is 0 Å². The Morgan fingerprint density at radius 1 is 1.71 bits per heavy atom. The van der Waals surface area contributed by atoms with Gasteiger partial charge in [-0.25, -0.2) is 0 Å². The molecule has 0 saturated carbocycles. The molecule has 1 fully saturated rings. The Morgan fingerprint density at radius 3 is 3.07 bits per heavy atom. The molecule has 1 aliphatic rings. The van der Waals surface area contributed by atoms with Crippen LogP contribution in [0.3, 0.4) is 0 Å². The Labute approximate surface area is 84.0 Å². The Hall–Kier alpha value is -0.650. The number of nitrogens with one attached hydrogen (secondary N) is 1. The van der Waals surface area contributed by atoms with Crippen LogP contribution in [-0.4, -0.2) is 61.4 Å². The fraction of sp³-hybridized carbons (Fsp3) is 0.889. The van der Waals surface area contributed by atoms with Crippen molar-refractivity contribution < 1.29 is 14.6 Å². The van der Waals surface area contributed by atoms with Crippen molar-refractivity contribution >= 4 is 5.91 Å². The molecule has 82 valence electrons. The molecule has 2 N–H and O–H groups in total. The van der Waals surface area contributed by atoms with Crippen LogP contribution in [-0.2, 0) is 9.53 Å². The predicted octanol–water partition coefficient (Wildman–Crippen LogP) is -1.19. The van der Waals surface area contributed by atoms with Gasteiger partial charge in [0.2, 0.25) is 5.91 Å². The molecule has 14 heavy (non-hydrogen) atoms. The summed E-state index contributed by atoms with van der Waals surface area (Å²) < 4.78 is 5.14. The van der Waals surface area contributed by atoms with Gasteiger partial charge in [-0.05, 0) is 14.0 Å². The Bertz CT molecular complexity index is 198. The van der Waals surface area contributed by atoms with E-state index in [0.29, 0.717) is 26.3 Å². The minimum atomic E-state index is -0.564. The first-order chi connectivity index (χ1) is 6.65. The Balaban J connectivity index is 2.52. The molecule has 5 heteroatoms. The molecule has 1 rings (SSSR count). The number of aliphatic hydroxyl groups is 1. The molecule has 0 aromatic rings. The van der Waals surface area contributed by atoms with Crippen molar-refractivity contribution in [3.8, 4) is 0 Å². The second-order valence-electron chi connectivity index (χ2n) is 3.52. The topological polar surface area (TPSA) is 61.8 Å². The van der Waals surface area contributed by atoms with Crippen molar-refractivity contribution in [3.63, 3.8) is 0 Å². The van der Waals surface area contributed by atoms with Crippen LogP contribution in [0, 0.1) is 0 Å². The molecule has 0 bridgehead atoms. The van der Waals surface area contributed by atoms with Gasteiger partial charge in [-0.15, -0.1) is 0 Å². The second kappa shape index (κ2) is 5.29. The maximum absolute atomic E-state index is 11.7. The predicted molar refractivity (Wildman–Crippen MR) is 51.9 cm³/mol. The van der Waals surface area contributed by atoms with Crippen molar-refractivity contribution in [2.45, 2.75) is 19.1 Å². The number of carbonyl (C=O) groups excluding carboxylic acids is 1. The van der Waals surface area contributed by atoms with Crippen molar-refractivity contribution in [1.82, 2.24) is 10.2 Å². The number of hydrogen-bond donors (Lipinski definition) is 2. The van der Waals surface area contributed by atoms with Crippen LogP contribution in [0.2, 0.25) is 0 Å². The molecule has 1 saturated heterocycles.